The highest BCUT2D eigenvalue weighted by atomic mass is 32.1. The van der Waals surface area contributed by atoms with Gasteiger partial charge in [0.25, 0.3) is 0 Å². The van der Waals surface area contributed by atoms with Crippen LogP contribution in [0.2, 0.25) is 0 Å². The van der Waals surface area contributed by atoms with Crippen LogP contribution in [0.5, 0.6) is 0 Å². The Kier molecular flexibility index (Phi) is 4.35. The fourth-order valence-corrected chi connectivity index (χ4v) is 2.11. The van der Waals surface area contributed by atoms with Crippen molar-refractivity contribution in [2.75, 3.05) is 7.05 Å². The molecule has 2 rings (SSSR count). The smallest absolute Gasteiger partial charge is 0.118 e. The van der Waals surface area contributed by atoms with Crippen LogP contribution in [-0.4, -0.2) is 16.9 Å². The molecule has 3 nitrogen and oxygen atoms in total. The topological polar surface area (TPSA) is 42.4 Å². The van der Waals surface area contributed by atoms with Gasteiger partial charge in [0.1, 0.15) is 16.5 Å². The summed E-state index contributed by atoms with van der Waals surface area (Å²) >= 11 is 4.94. The van der Waals surface area contributed by atoms with E-state index < -0.39 is 0 Å². The second-order valence-corrected chi connectivity index (χ2v) is 5.19. The molecule has 0 unspecified atom stereocenters. The number of hydrogen-bond acceptors (Lipinski definition) is 3. The number of hydrogen-bond donors (Lipinski definition) is 1. The fourth-order valence-electron chi connectivity index (χ4n) is 1.98. The average molecular weight is 274 g/mol. The molecule has 2 N–H and O–H groups in total. The third-order valence-electron chi connectivity index (χ3n) is 2.91. The average Bonchev–Trinajstić information content (AvgIpc) is 2.75. The standard InChI is InChI=1S/C15H18N2OS/c1-11-3-8-14(18-11)10-17(2)9-12-4-6-13(7-5-12)15(16)19/h3-8H,9-10H2,1-2H3,(H2,16,19). The van der Waals surface area contributed by atoms with Gasteiger partial charge in [-0.05, 0) is 31.7 Å². The molecule has 0 spiro atoms. The maximum absolute atomic E-state index is 5.58. The summed E-state index contributed by atoms with van der Waals surface area (Å²) in [7, 11) is 2.07. The molecule has 1 heterocycles. The third-order valence-corrected chi connectivity index (χ3v) is 3.15. The van der Waals surface area contributed by atoms with Crippen molar-refractivity contribution in [1.82, 2.24) is 4.90 Å². The number of aryl methyl sites for hydroxylation is 1. The van der Waals surface area contributed by atoms with Crippen molar-refractivity contribution in [2.45, 2.75) is 20.0 Å². The number of rotatable bonds is 5. The lowest BCUT2D eigenvalue weighted by Gasteiger charge is -2.15. The first-order valence-corrected chi connectivity index (χ1v) is 6.58. The van der Waals surface area contributed by atoms with E-state index in [1.54, 1.807) is 0 Å². The van der Waals surface area contributed by atoms with Crippen LogP contribution in [0, 0.1) is 6.92 Å². The van der Waals surface area contributed by atoms with Gasteiger partial charge in [-0.3, -0.25) is 4.90 Å². The van der Waals surface area contributed by atoms with Crippen LogP contribution in [0.4, 0.5) is 0 Å². The van der Waals surface area contributed by atoms with Gasteiger partial charge in [0.05, 0.1) is 6.54 Å². The van der Waals surface area contributed by atoms with Crippen molar-refractivity contribution < 1.29 is 4.42 Å². The van der Waals surface area contributed by atoms with Gasteiger partial charge in [-0.15, -0.1) is 0 Å². The van der Waals surface area contributed by atoms with Crippen LogP contribution in [-0.2, 0) is 13.1 Å². The largest absolute Gasteiger partial charge is 0.465 e. The highest BCUT2D eigenvalue weighted by molar-refractivity contribution is 7.80. The Morgan fingerprint density at radius 2 is 1.84 bits per heavy atom. The van der Waals surface area contributed by atoms with E-state index in [9.17, 15) is 0 Å². The van der Waals surface area contributed by atoms with E-state index in [4.69, 9.17) is 22.4 Å². The summed E-state index contributed by atoms with van der Waals surface area (Å²) in [6.45, 7) is 3.61. The van der Waals surface area contributed by atoms with Crippen LogP contribution in [0.15, 0.2) is 40.8 Å². The molecule has 1 aromatic heterocycles. The van der Waals surface area contributed by atoms with E-state index in [2.05, 4.69) is 24.1 Å². The minimum atomic E-state index is 0.436. The van der Waals surface area contributed by atoms with Gasteiger partial charge in [0.2, 0.25) is 0 Å². The summed E-state index contributed by atoms with van der Waals surface area (Å²) in [6.07, 6.45) is 0. The molecule has 2 aromatic rings. The Morgan fingerprint density at radius 1 is 1.16 bits per heavy atom. The zero-order valence-electron chi connectivity index (χ0n) is 11.2. The van der Waals surface area contributed by atoms with Crippen LogP contribution < -0.4 is 5.73 Å². The number of nitrogens with two attached hydrogens (primary N) is 1. The lowest BCUT2D eigenvalue weighted by Crippen LogP contribution is -2.17. The van der Waals surface area contributed by atoms with Gasteiger partial charge < -0.3 is 10.2 Å². The van der Waals surface area contributed by atoms with Crippen molar-refractivity contribution in [3.63, 3.8) is 0 Å². The molecular weight excluding hydrogens is 256 g/mol. The van der Waals surface area contributed by atoms with Gasteiger partial charge in [-0.25, -0.2) is 0 Å². The molecule has 0 saturated heterocycles. The second kappa shape index (κ2) is 5.99. The predicted octanol–water partition coefficient (Wildman–Crippen LogP) is 2.85. The molecule has 0 aliphatic heterocycles. The third kappa shape index (κ3) is 3.91. The first-order chi connectivity index (χ1) is 9.04. The van der Waals surface area contributed by atoms with E-state index in [-0.39, 0.29) is 0 Å². The summed E-state index contributed by atoms with van der Waals surface area (Å²) in [5.74, 6) is 1.93. The highest BCUT2D eigenvalue weighted by Crippen LogP contribution is 2.12. The van der Waals surface area contributed by atoms with E-state index in [1.165, 1.54) is 5.56 Å². The van der Waals surface area contributed by atoms with Gasteiger partial charge >= 0.3 is 0 Å². The fraction of sp³-hybridized carbons (Fsp3) is 0.267. The van der Waals surface area contributed by atoms with E-state index in [0.717, 1.165) is 30.2 Å². The maximum Gasteiger partial charge on any atom is 0.118 e. The van der Waals surface area contributed by atoms with Crippen molar-refractivity contribution in [3.05, 3.63) is 59.0 Å². The Labute approximate surface area is 119 Å². The van der Waals surface area contributed by atoms with Crippen molar-refractivity contribution in [1.29, 1.82) is 0 Å². The molecule has 1 aromatic carbocycles. The summed E-state index contributed by atoms with van der Waals surface area (Å²) in [5.41, 5.74) is 7.71. The van der Waals surface area contributed by atoms with E-state index in [1.807, 2.05) is 31.2 Å². The minimum Gasteiger partial charge on any atom is -0.465 e. The Hall–Kier alpha value is -1.65. The van der Waals surface area contributed by atoms with E-state index in [0.29, 0.717) is 4.99 Å². The summed E-state index contributed by atoms with van der Waals surface area (Å²) in [5, 5.41) is 0. The molecular formula is C15H18N2OS. The molecule has 0 bridgehead atoms. The zero-order chi connectivity index (χ0) is 13.8. The van der Waals surface area contributed by atoms with Gasteiger partial charge in [-0.2, -0.15) is 0 Å². The van der Waals surface area contributed by atoms with Crippen molar-refractivity contribution in [3.8, 4) is 0 Å². The predicted molar refractivity (Wildman–Crippen MR) is 80.9 cm³/mol. The molecule has 0 radical (unpaired) electrons. The molecule has 4 heteroatoms. The SMILES string of the molecule is Cc1ccc(CN(C)Cc2ccc(C(N)=S)cc2)o1. The molecule has 0 fully saturated rings. The highest BCUT2D eigenvalue weighted by Gasteiger charge is 2.05. The Morgan fingerprint density at radius 3 is 2.37 bits per heavy atom. The summed E-state index contributed by atoms with van der Waals surface area (Å²) in [6, 6.07) is 12.0. The second-order valence-electron chi connectivity index (χ2n) is 4.75. The van der Waals surface area contributed by atoms with Crippen LogP contribution >= 0.6 is 12.2 Å². The molecule has 0 atom stereocenters. The molecule has 0 aliphatic rings. The molecule has 0 aliphatic carbocycles. The monoisotopic (exact) mass is 274 g/mol. The number of benzene rings is 1. The quantitative estimate of drug-likeness (QED) is 0.851. The number of nitrogens with zero attached hydrogens (tertiary/aromatic N) is 1. The first kappa shape index (κ1) is 13.8. The zero-order valence-corrected chi connectivity index (χ0v) is 12.0. The van der Waals surface area contributed by atoms with Gasteiger partial charge in [0, 0.05) is 12.1 Å². The van der Waals surface area contributed by atoms with Crippen molar-refractivity contribution in [2.24, 2.45) is 5.73 Å². The Balaban J connectivity index is 1.94. The van der Waals surface area contributed by atoms with Crippen LogP contribution in [0.1, 0.15) is 22.6 Å². The Bertz CT molecular complexity index is 560. The maximum atomic E-state index is 5.58. The van der Waals surface area contributed by atoms with Crippen LogP contribution in [0.25, 0.3) is 0 Å². The molecule has 100 valence electrons. The number of furan rings is 1. The normalized spacial score (nSPS) is 10.9. The number of thiocarbonyl (C=S) groups is 1. The lowest BCUT2D eigenvalue weighted by molar-refractivity contribution is 0.285. The summed E-state index contributed by atoms with van der Waals surface area (Å²) in [4.78, 5) is 2.64. The molecule has 19 heavy (non-hydrogen) atoms. The molecule has 0 amide bonds. The van der Waals surface area contributed by atoms with Gasteiger partial charge in [-0.1, -0.05) is 36.5 Å². The van der Waals surface area contributed by atoms with Crippen molar-refractivity contribution >= 4 is 17.2 Å². The van der Waals surface area contributed by atoms with E-state index >= 15 is 0 Å². The minimum absolute atomic E-state index is 0.436. The first-order valence-electron chi connectivity index (χ1n) is 6.17. The van der Waals surface area contributed by atoms with Crippen LogP contribution in [0.3, 0.4) is 0 Å². The summed E-state index contributed by atoms with van der Waals surface area (Å²) < 4.78 is 5.57. The molecule has 0 saturated carbocycles. The van der Waals surface area contributed by atoms with Gasteiger partial charge in [0.15, 0.2) is 0 Å². The lowest BCUT2D eigenvalue weighted by atomic mass is 10.1.